The maximum Gasteiger partial charge on any atom is 0.187 e. The van der Waals surface area contributed by atoms with Gasteiger partial charge in [-0.3, -0.25) is 0 Å². The number of benzene rings is 2. The Hall–Kier alpha value is -2.47. The minimum atomic E-state index is -0.456. The van der Waals surface area contributed by atoms with Crippen molar-refractivity contribution in [3.8, 4) is 17.1 Å². The molecule has 21 heavy (non-hydrogen) atoms. The van der Waals surface area contributed by atoms with Crippen LogP contribution in [0.3, 0.4) is 0 Å². The van der Waals surface area contributed by atoms with Crippen molar-refractivity contribution < 1.29 is 4.39 Å². The molecule has 0 aliphatic rings. The van der Waals surface area contributed by atoms with E-state index in [0.29, 0.717) is 17.2 Å². The normalized spacial score (nSPS) is 10.8. The summed E-state index contributed by atoms with van der Waals surface area (Å²) in [6, 6.07) is 9.63. The summed E-state index contributed by atoms with van der Waals surface area (Å²) in [6.07, 6.45) is 0. The molecule has 0 atom stereocenters. The fourth-order valence-electron chi connectivity index (χ4n) is 2.14. The van der Waals surface area contributed by atoms with Crippen molar-refractivity contribution in [3.63, 3.8) is 0 Å². The van der Waals surface area contributed by atoms with Crippen molar-refractivity contribution >= 4 is 17.3 Å². The quantitative estimate of drug-likeness (QED) is 0.739. The van der Waals surface area contributed by atoms with Crippen LogP contribution in [0.15, 0.2) is 36.4 Å². The van der Waals surface area contributed by atoms with Crippen LogP contribution in [0.1, 0.15) is 5.56 Å². The van der Waals surface area contributed by atoms with Gasteiger partial charge in [-0.2, -0.15) is 4.68 Å². The van der Waals surface area contributed by atoms with Crippen molar-refractivity contribution in [3.05, 3.63) is 52.8 Å². The monoisotopic (exact) mass is 303 g/mol. The van der Waals surface area contributed by atoms with Gasteiger partial charge in [-0.1, -0.05) is 11.6 Å². The number of halogens is 2. The molecule has 3 rings (SSSR count). The molecule has 106 valence electrons. The smallest absolute Gasteiger partial charge is 0.187 e. The van der Waals surface area contributed by atoms with Crippen LogP contribution in [-0.2, 0) is 0 Å². The fraction of sp³-hybridized carbons (Fsp3) is 0.0714. The molecule has 0 saturated carbocycles. The first-order valence-electron chi connectivity index (χ1n) is 6.15. The van der Waals surface area contributed by atoms with E-state index in [1.54, 1.807) is 12.1 Å². The van der Waals surface area contributed by atoms with E-state index in [1.807, 2.05) is 19.1 Å². The second-order valence-corrected chi connectivity index (χ2v) is 5.11. The molecule has 2 N–H and O–H groups in total. The minimum absolute atomic E-state index is 0.273. The van der Waals surface area contributed by atoms with Gasteiger partial charge in [0.1, 0.15) is 5.82 Å². The van der Waals surface area contributed by atoms with Gasteiger partial charge in [0, 0.05) is 16.3 Å². The van der Waals surface area contributed by atoms with Gasteiger partial charge in [0.05, 0.1) is 5.69 Å². The highest BCUT2D eigenvalue weighted by atomic mass is 35.5. The summed E-state index contributed by atoms with van der Waals surface area (Å²) >= 11 is 5.87. The van der Waals surface area contributed by atoms with Gasteiger partial charge in [0.15, 0.2) is 5.82 Å². The molecule has 0 aliphatic carbocycles. The summed E-state index contributed by atoms with van der Waals surface area (Å²) < 4.78 is 14.9. The molecule has 0 spiro atoms. The molecule has 0 fully saturated rings. The van der Waals surface area contributed by atoms with E-state index in [4.69, 9.17) is 17.3 Å². The first kappa shape index (κ1) is 13.5. The number of hydrogen-bond donors (Lipinski definition) is 1. The van der Waals surface area contributed by atoms with Crippen LogP contribution in [0.25, 0.3) is 17.1 Å². The Kier molecular flexibility index (Phi) is 3.31. The van der Waals surface area contributed by atoms with Crippen molar-refractivity contribution in [1.29, 1.82) is 0 Å². The lowest BCUT2D eigenvalue weighted by atomic mass is 10.1. The molecule has 0 radical (unpaired) electrons. The van der Waals surface area contributed by atoms with E-state index in [0.717, 1.165) is 11.1 Å². The fourth-order valence-corrected chi connectivity index (χ4v) is 2.36. The lowest BCUT2D eigenvalue weighted by Gasteiger charge is -2.07. The van der Waals surface area contributed by atoms with Crippen LogP contribution in [-0.4, -0.2) is 20.2 Å². The zero-order valence-corrected chi connectivity index (χ0v) is 11.8. The molecule has 5 nitrogen and oxygen atoms in total. The molecule has 0 unspecified atom stereocenters. The average molecular weight is 304 g/mol. The predicted octanol–water partition coefficient (Wildman–Crippen LogP) is 3.01. The van der Waals surface area contributed by atoms with Crippen LogP contribution in [0.2, 0.25) is 5.02 Å². The molecule has 0 aliphatic heterocycles. The summed E-state index contributed by atoms with van der Waals surface area (Å²) in [5.74, 6) is 0.00905. The first-order valence-corrected chi connectivity index (χ1v) is 6.53. The summed E-state index contributed by atoms with van der Waals surface area (Å²) in [5.41, 5.74) is 8.63. The number of anilines is 1. The zero-order valence-electron chi connectivity index (χ0n) is 11.1. The average Bonchev–Trinajstić information content (AvgIpc) is 2.85. The predicted molar refractivity (Wildman–Crippen MR) is 78.7 cm³/mol. The van der Waals surface area contributed by atoms with E-state index in [9.17, 15) is 4.39 Å². The zero-order chi connectivity index (χ0) is 15.0. The highest BCUT2D eigenvalue weighted by Crippen LogP contribution is 2.24. The first-order chi connectivity index (χ1) is 10.0. The molecule has 0 saturated heterocycles. The number of aromatic nitrogens is 4. The number of nitrogen functional groups attached to an aromatic ring is 1. The summed E-state index contributed by atoms with van der Waals surface area (Å²) in [4.78, 5) is 0. The topological polar surface area (TPSA) is 69.6 Å². The maximum absolute atomic E-state index is 13.5. The van der Waals surface area contributed by atoms with Crippen LogP contribution in [0.5, 0.6) is 0 Å². The molecule has 1 aromatic heterocycles. The summed E-state index contributed by atoms with van der Waals surface area (Å²) in [5, 5.41) is 11.8. The highest BCUT2D eigenvalue weighted by molar-refractivity contribution is 6.30. The van der Waals surface area contributed by atoms with Crippen LogP contribution in [0, 0.1) is 12.7 Å². The lowest BCUT2D eigenvalue weighted by molar-refractivity contribution is 0.625. The van der Waals surface area contributed by atoms with Gasteiger partial charge in [-0.25, -0.2) is 4.39 Å². The molecule has 3 aromatic rings. The Balaban J connectivity index is 2.16. The van der Waals surface area contributed by atoms with Crippen LogP contribution in [0.4, 0.5) is 10.1 Å². The van der Waals surface area contributed by atoms with E-state index in [1.165, 1.54) is 16.8 Å². The van der Waals surface area contributed by atoms with Gasteiger partial charge in [-0.05, 0) is 59.3 Å². The third kappa shape index (κ3) is 2.71. The molecule has 0 bridgehead atoms. The molecule has 2 aromatic carbocycles. The second-order valence-electron chi connectivity index (χ2n) is 4.67. The third-order valence-electron chi connectivity index (χ3n) is 2.92. The number of tetrazole rings is 1. The Morgan fingerprint density at radius 3 is 2.67 bits per heavy atom. The Bertz CT molecular complexity index is 708. The van der Waals surface area contributed by atoms with Crippen molar-refractivity contribution in [1.82, 2.24) is 20.2 Å². The molecule has 0 amide bonds. The van der Waals surface area contributed by atoms with E-state index >= 15 is 0 Å². The van der Waals surface area contributed by atoms with E-state index in [-0.39, 0.29) is 5.02 Å². The van der Waals surface area contributed by atoms with Crippen molar-refractivity contribution in [2.75, 3.05) is 5.73 Å². The van der Waals surface area contributed by atoms with Gasteiger partial charge >= 0.3 is 0 Å². The van der Waals surface area contributed by atoms with Crippen molar-refractivity contribution in [2.24, 2.45) is 0 Å². The number of aryl methyl sites for hydroxylation is 1. The minimum Gasteiger partial charge on any atom is -0.399 e. The number of nitrogens with zero attached hydrogens (tertiary/aromatic N) is 4. The van der Waals surface area contributed by atoms with Crippen LogP contribution < -0.4 is 5.73 Å². The second kappa shape index (κ2) is 5.14. The molecule has 1 heterocycles. The molecular weight excluding hydrogens is 293 g/mol. The Morgan fingerprint density at radius 1 is 1.14 bits per heavy atom. The van der Waals surface area contributed by atoms with Crippen molar-refractivity contribution in [2.45, 2.75) is 6.92 Å². The summed E-state index contributed by atoms with van der Waals surface area (Å²) in [6.45, 7) is 1.92. The third-order valence-corrected chi connectivity index (χ3v) is 3.14. The highest BCUT2D eigenvalue weighted by Gasteiger charge is 2.13. The van der Waals surface area contributed by atoms with Gasteiger partial charge in [0.25, 0.3) is 0 Å². The standard InChI is InChI=1S/C14H11ClFN5/c1-8-2-9(4-12(17)3-8)14-18-19-20-21(14)13-6-10(15)5-11(16)7-13/h2-7H,17H2,1H3. The summed E-state index contributed by atoms with van der Waals surface area (Å²) in [7, 11) is 0. The Labute approximate surface area is 125 Å². The lowest BCUT2D eigenvalue weighted by Crippen LogP contribution is -2.01. The van der Waals surface area contributed by atoms with E-state index in [2.05, 4.69) is 15.5 Å². The maximum atomic E-state index is 13.5. The number of hydrogen-bond acceptors (Lipinski definition) is 4. The molecule has 7 heteroatoms. The van der Waals surface area contributed by atoms with Gasteiger partial charge in [-0.15, -0.1) is 5.10 Å². The van der Waals surface area contributed by atoms with Gasteiger partial charge in [0.2, 0.25) is 0 Å². The van der Waals surface area contributed by atoms with Gasteiger partial charge < -0.3 is 5.73 Å². The van der Waals surface area contributed by atoms with Crippen LogP contribution >= 0.6 is 11.6 Å². The number of nitrogens with two attached hydrogens (primary N) is 1. The van der Waals surface area contributed by atoms with E-state index < -0.39 is 5.82 Å². The number of rotatable bonds is 2. The largest absolute Gasteiger partial charge is 0.399 e. The molecular formula is C14H11ClFN5. The SMILES string of the molecule is Cc1cc(N)cc(-c2nnnn2-c2cc(F)cc(Cl)c2)c1. The Morgan fingerprint density at radius 2 is 1.95 bits per heavy atom.